The van der Waals surface area contributed by atoms with Crippen molar-refractivity contribution in [3.8, 4) is 0 Å². The molecule has 2 N–H and O–H groups in total. The topological polar surface area (TPSA) is 58.9 Å². The predicted octanol–water partition coefficient (Wildman–Crippen LogP) is 3.68. The summed E-state index contributed by atoms with van der Waals surface area (Å²) in [6.45, 7) is 5.12. The number of ether oxygens (including phenoxy) is 2. The van der Waals surface area contributed by atoms with Gasteiger partial charge in [-0.2, -0.15) is 0 Å². The van der Waals surface area contributed by atoms with Gasteiger partial charge in [0.1, 0.15) is 12.2 Å². The van der Waals surface area contributed by atoms with Crippen LogP contribution in [0.15, 0.2) is 78.2 Å². The van der Waals surface area contributed by atoms with Gasteiger partial charge in [-0.3, -0.25) is 0 Å². The van der Waals surface area contributed by atoms with Crippen molar-refractivity contribution in [2.45, 2.75) is 36.2 Å². The molecule has 0 fully saturated rings. The number of aliphatic hydroxyl groups is 2. The second kappa shape index (κ2) is 12.7. The summed E-state index contributed by atoms with van der Waals surface area (Å²) in [4.78, 5) is 1.07. The Morgan fingerprint density at radius 1 is 0.963 bits per heavy atom. The van der Waals surface area contributed by atoms with E-state index in [1.165, 1.54) is 17.8 Å². The van der Waals surface area contributed by atoms with E-state index in [0.717, 1.165) is 10.5 Å². The number of hydrogen-bond acceptors (Lipinski definition) is 5. The molecule has 2 aromatic carbocycles. The predicted molar refractivity (Wildman–Crippen MR) is 110 cm³/mol. The maximum Gasteiger partial charge on any atom is 0.114 e. The molecule has 2 rings (SSSR count). The smallest absolute Gasteiger partial charge is 0.114 e. The van der Waals surface area contributed by atoms with Crippen LogP contribution >= 0.6 is 11.8 Å². The van der Waals surface area contributed by atoms with E-state index < -0.39 is 18.3 Å². The fourth-order valence-electron chi connectivity index (χ4n) is 2.51. The Balaban J connectivity index is 1.69. The molecule has 0 amide bonds. The Bertz CT molecular complexity index is 635. The van der Waals surface area contributed by atoms with Gasteiger partial charge in [-0.15, -0.1) is 18.3 Å². The Kier molecular flexibility index (Phi) is 10.2. The molecular formula is C22H28O4S. The van der Waals surface area contributed by atoms with Crippen LogP contribution in [0.1, 0.15) is 12.0 Å². The number of rotatable bonds is 13. The average molecular weight is 389 g/mol. The van der Waals surface area contributed by atoms with Crippen LogP contribution in [0.2, 0.25) is 0 Å². The lowest BCUT2D eigenvalue weighted by Crippen LogP contribution is -2.40. The summed E-state index contributed by atoms with van der Waals surface area (Å²) in [6, 6.07) is 19.8. The molecule has 0 aliphatic heterocycles. The van der Waals surface area contributed by atoms with Crippen LogP contribution in [0.25, 0.3) is 0 Å². The lowest BCUT2D eigenvalue weighted by molar-refractivity contribution is -0.0814. The van der Waals surface area contributed by atoms with Gasteiger partial charge in [0.05, 0.1) is 12.7 Å². The van der Waals surface area contributed by atoms with Crippen molar-refractivity contribution in [1.29, 1.82) is 0 Å². The van der Waals surface area contributed by atoms with Crippen LogP contribution in [0.4, 0.5) is 0 Å². The van der Waals surface area contributed by atoms with Crippen LogP contribution in [-0.4, -0.2) is 47.5 Å². The van der Waals surface area contributed by atoms with Gasteiger partial charge >= 0.3 is 0 Å². The molecule has 0 heterocycles. The second-order valence-corrected chi connectivity index (χ2v) is 7.24. The Morgan fingerprint density at radius 3 is 2.30 bits per heavy atom. The van der Waals surface area contributed by atoms with Gasteiger partial charge in [0, 0.05) is 23.9 Å². The third kappa shape index (κ3) is 8.28. The first-order valence-electron chi connectivity index (χ1n) is 9.10. The van der Waals surface area contributed by atoms with Crippen molar-refractivity contribution >= 4 is 11.8 Å². The molecule has 0 aliphatic rings. The van der Waals surface area contributed by atoms with Gasteiger partial charge in [-0.25, -0.2) is 0 Å². The van der Waals surface area contributed by atoms with Crippen molar-refractivity contribution in [1.82, 2.24) is 0 Å². The number of hydrogen-bond donors (Lipinski definition) is 2. The maximum atomic E-state index is 10.4. The zero-order valence-corrected chi connectivity index (χ0v) is 16.3. The molecule has 3 unspecified atom stereocenters. The third-order valence-corrected chi connectivity index (χ3v) is 5.09. The summed E-state index contributed by atoms with van der Waals surface area (Å²) in [5.41, 5.74) is 1.13. The minimum Gasteiger partial charge on any atom is -0.389 e. The first-order chi connectivity index (χ1) is 13.2. The highest BCUT2D eigenvalue weighted by atomic mass is 32.2. The van der Waals surface area contributed by atoms with E-state index in [1.54, 1.807) is 0 Å². The number of benzene rings is 2. The lowest BCUT2D eigenvalue weighted by Gasteiger charge is -2.26. The van der Waals surface area contributed by atoms with Crippen LogP contribution < -0.4 is 0 Å². The maximum absolute atomic E-state index is 10.4. The van der Waals surface area contributed by atoms with E-state index in [4.69, 9.17) is 9.47 Å². The van der Waals surface area contributed by atoms with Crippen molar-refractivity contribution < 1.29 is 19.7 Å². The van der Waals surface area contributed by atoms with Gasteiger partial charge in [0.25, 0.3) is 0 Å². The van der Waals surface area contributed by atoms with Gasteiger partial charge in [0.2, 0.25) is 0 Å². The molecule has 27 heavy (non-hydrogen) atoms. The monoisotopic (exact) mass is 388 g/mol. The van der Waals surface area contributed by atoms with Crippen molar-refractivity contribution in [3.63, 3.8) is 0 Å². The second-order valence-electron chi connectivity index (χ2n) is 6.14. The Morgan fingerprint density at radius 2 is 1.63 bits per heavy atom. The lowest BCUT2D eigenvalue weighted by atomic mass is 10.1. The normalized spacial score (nSPS) is 14.4. The molecule has 0 saturated heterocycles. The number of thioether (sulfide) groups is 1. The largest absolute Gasteiger partial charge is 0.389 e. The summed E-state index contributed by atoms with van der Waals surface area (Å²) in [5.74, 6) is 0.435. The minimum atomic E-state index is -0.915. The highest BCUT2D eigenvalue weighted by Gasteiger charge is 2.26. The van der Waals surface area contributed by atoms with Crippen LogP contribution in [0.5, 0.6) is 0 Å². The van der Waals surface area contributed by atoms with Gasteiger partial charge < -0.3 is 19.7 Å². The Labute approximate surface area is 165 Å². The fourth-order valence-corrected chi connectivity index (χ4v) is 3.41. The van der Waals surface area contributed by atoms with Gasteiger partial charge in [-0.05, 0) is 24.1 Å². The zero-order chi connectivity index (χ0) is 19.3. The fraction of sp³-hybridized carbons (Fsp3) is 0.364. The van der Waals surface area contributed by atoms with Crippen molar-refractivity contribution in [2.75, 3.05) is 19.0 Å². The average Bonchev–Trinajstić information content (AvgIpc) is 2.72. The highest BCUT2D eigenvalue weighted by Crippen LogP contribution is 2.21. The first kappa shape index (κ1) is 21.7. The summed E-state index contributed by atoms with van der Waals surface area (Å²) >= 11 is 1.53. The molecule has 0 aliphatic carbocycles. The van der Waals surface area contributed by atoms with Crippen LogP contribution in [0.3, 0.4) is 0 Å². The molecule has 4 nitrogen and oxygen atoms in total. The number of aliphatic hydroxyl groups excluding tert-OH is 2. The molecule has 5 heteroatoms. The van der Waals surface area contributed by atoms with E-state index in [9.17, 15) is 10.2 Å². The third-order valence-electron chi connectivity index (χ3n) is 3.98. The molecule has 2 aromatic rings. The standard InChI is InChI=1S/C22H28O4S/c1-2-20(23)22(21(24)17-27-19-12-7-4-8-13-19)26-15-9-14-25-16-18-10-5-3-6-11-18/h2-8,10-13,20-24H,1,9,14-17H2. The summed E-state index contributed by atoms with van der Waals surface area (Å²) in [7, 11) is 0. The van der Waals surface area contributed by atoms with Crippen LogP contribution in [-0.2, 0) is 16.1 Å². The molecule has 0 radical (unpaired) electrons. The molecule has 0 spiro atoms. The van der Waals surface area contributed by atoms with Gasteiger partial charge in [-0.1, -0.05) is 54.6 Å². The van der Waals surface area contributed by atoms with E-state index in [2.05, 4.69) is 6.58 Å². The quantitative estimate of drug-likeness (QED) is 0.311. The molecule has 3 atom stereocenters. The van der Waals surface area contributed by atoms with E-state index in [0.29, 0.717) is 32.0 Å². The Hall–Kier alpha value is -1.63. The summed E-state index contributed by atoms with van der Waals surface area (Å²) in [5, 5.41) is 20.5. The summed E-state index contributed by atoms with van der Waals surface area (Å²) < 4.78 is 11.4. The van der Waals surface area contributed by atoms with Crippen LogP contribution in [0, 0.1) is 0 Å². The van der Waals surface area contributed by atoms with E-state index in [1.807, 2.05) is 60.7 Å². The molecular weight excluding hydrogens is 360 g/mol. The van der Waals surface area contributed by atoms with Crippen molar-refractivity contribution in [2.24, 2.45) is 0 Å². The van der Waals surface area contributed by atoms with E-state index in [-0.39, 0.29) is 0 Å². The summed E-state index contributed by atoms with van der Waals surface area (Å²) in [6.07, 6.45) is -0.332. The molecule has 0 saturated carbocycles. The minimum absolute atomic E-state index is 0.400. The zero-order valence-electron chi connectivity index (χ0n) is 15.4. The molecule has 0 aromatic heterocycles. The molecule has 0 bridgehead atoms. The van der Waals surface area contributed by atoms with E-state index >= 15 is 0 Å². The molecule has 146 valence electrons. The van der Waals surface area contributed by atoms with Crippen molar-refractivity contribution in [3.05, 3.63) is 78.9 Å². The SMILES string of the molecule is C=CC(O)C(OCCCOCc1ccccc1)C(O)CSc1ccccc1. The van der Waals surface area contributed by atoms with Gasteiger partial charge in [0.15, 0.2) is 0 Å². The highest BCUT2D eigenvalue weighted by molar-refractivity contribution is 7.99. The first-order valence-corrected chi connectivity index (χ1v) is 10.1.